The molecule has 1 fully saturated rings. The van der Waals surface area contributed by atoms with Crippen molar-refractivity contribution >= 4 is 27.8 Å². The van der Waals surface area contributed by atoms with Crippen molar-refractivity contribution in [1.82, 2.24) is 14.8 Å². The molecular weight excluding hydrogens is 439 g/mol. The molecule has 6 nitrogen and oxygen atoms in total. The zero-order valence-corrected chi connectivity index (χ0v) is 17.2. The second-order valence-corrected chi connectivity index (χ2v) is 7.96. The van der Waals surface area contributed by atoms with Gasteiger partial charge in [-0.15, -0.1) is 5.10 Å². The molecular formula is C21H20BrFN4O2. The molecule has 1 saturated heterocycles. The number of carbonyl (C=O) groups excluding carboxylic acids is 1. The molecule has 0 saturated carbocycles. The summed E-state index contributed by atoms with van der Waals surface area (Å²) in [5.74, 6) is -0.279. The van der Waals surface area contributed by atoms with E-state index in [9.17, 15) is 9.18 Å². The molecule has 2 aromatic carbocycles. The number of carbonyl (C=O) groups is 1. The summed E-state index contributed by atoms with van der Waals surface area (Å²) in [6.45, 7) is 1.49. The molecule has 3 aromatic rings. The van der Waals surface area contributed by atoms with Crippen molar-refractivity contribution in [3.05, 3.63) is 76.3 Å². The maximum absolute atomic E-state index is 13.4. The summed E-state index contributed by atoms with van der Waals surface area (Å²) >= 11 is 3.42. The van der Waals surface area contributed by atoms with Gasteiger partial charge in [-0.2, -0.15) is 0 Å². The van der Waals surface area contributed by atoms with Crippen molar-refractivity contribution in [2.75, 3.05) is 18.5 Å². The second-order valence-electron chi connectivity index (χ2n) is 7.05. The molecule has 29 heavy (non-hydrogen) atoms. The Morgan fingerprint density at radius 2 is 1.83 bits per heavy atom. The first kappa shape index (κ1) is 19.7. The van der Waals surface area contributed by atoms with Gasteiger partial charge in [-0.3, -0.25) is 10.1 Å². The van der Waals surface area contributed by atoms with Crippen molar-refractivity contribution in [3.8, 4) is 0 Å². The number of benzene rings is 2. The van der Waals surface area contributed by atoms with Crippen LogP contribution in [-0.4, -0.2) is 33.9 Å². The predicted octanol–water partition coefficient (Wildman–Crippen LogP) is 3.91. The summed E-state index contributed by atoms with van der Waals surface area (Å²) in [6, 6.07) is 14.0. The largest absolute Gasteiger partial charge is 0.381 e. The summed E-state index contributed by atoms with van der Waals surface area (Å²) < 4.78 is 21.5. The van der Waals surface area contributed by atoms with E-state index in [2.05, 4.69) is 31.3 Å². The second kappa shape index (κ2) is 8.42. The third-order valence-corrected chi connectivity index (χ3v) is 5.73. The number of nitrogens with one attached hydrogen (secondary N) is 1. The van der Waals surface area contributed by atoms with Gasteiger partial charge in [-0.05, 0) is 48.2 Å². The molecule has 0 radical (unpaired) electrons. The minimum atomic E-state index is -0.789. The molecule has 0 atom stereocenters. The molecule has 4 rings (SSSR count). The van der Waals surface area contributed by atoms with Crippen molar-refractivity contribution in [2.45, 2.75) is 24.8 Å². The fraction of sp³-hybridized carbons (Fsp3) is 0.286. The quantitative estimate of drug-likeness (QED) is 0.628. The smallest absolute Gasteiger partial charge is 0.248 e. The topological polar surface area (TPSA) is 69.0 Å². The van der Waals surface area contributed by atoms with Gasteiger partial charge >= 0.3 is 0 Å². The lowest BCUT2D eigenvalue weighted by molar-refractivity contribution is -0.125. The van der Waals surface area contributed by atoms with Gasteiger partial charge in [0.2, 0.25) is 11.9 Å². The number of nitrogens with zero attached hydrogens (tertiary/aromatic N) is 3. The number of amides is 1. The Kier molecular flexibility index (Phi) is 5.73. The summed E-state index contributed by atoms with van der Waals surface area (Å²) in [6.07, 6.45) is 2.63. The predicted molar refractivity (Wildman–Crippen MR) is 110 cm³/mol. The lowest BCUT2D eigenvalue weighted by Crippen LogP contribution is -2.45. The SMILES string of the molecule is O=C(Nc1ncn(Cc2ccc(Br)cc2)n1)C1(c2ccc(F)cc2)CCOCC1. The molecule has 1 aliphatic heterocycles. The fourth-order valence-corrected chi connectivity index (χ4v) is 3.83. The number of rotatable bonds is 5. The molecule has 1 amide bonds. The molecule has 0 spiro atoms. The third-order valence-electron chi connectivity index (χ3n) is 5.20. The van der Waals surface area contributed by atoms with Gasteiger partial charge in [0, 0.05) is 17.7 Å². The van der Waals surface area contributed by atoms with Crippen molar-refractivity contribution in [1.29, 1.82) is 0 Å². The summed E-state index contributed by atoms with van der Waals surface area (Å²) in [5, 5.41) is 7.21. The van der Waals surface area contributed by atoms with Crippen LogP contribution in [0.5, 0.6) is 0 Å². The lowest BCUT2D eigenvalue weighted by Gasteiger charge is -2.35. The van der Waals surface area contributed by atoms with E-state index in [4.69, 9.17) is 4.74 Å². The Morgan fingerprint density at radius 1 is 1.14 bits per heavy atom. The highest BCUT2D eigenvalue weighted by molar-refractivity contribution is 9.10. The van der Waals surface area contributed by atoms with Crippen LogP contribution in [0.2, 0.25) is 0 Å². The first-order chi connectivity index (χ1) is 14.0. The maximum atomic E-state index is 13.4. The number of halogens is 2. The van der Waals surface area contributed by atoms with Crippen LogP contribution in [0, 0.1) is 5.82 Å². The lowest BCUT2D eigenvalue weighted by atomic mass is 9.73. The van der Waals surface area contributed by atoms with Crippen LogP contribution in [0.1, 0.15) is 24.0 Å². The molecule has 0 bridgehead atoms. The van der Waals surface area contributed by atoms with Gasteiger partial charge in [0.15, 0.2) is 0 Å². The number of aromatic nitrogens is 3. The monoisotopic (exact) mass is 458 g/mol. The minimum absolute atomic E-state index is 0.200. The first-order valence-corrected chi connectivity index (χ1v) is 10.1. The van der Waals surface area contributed by atoms with E-state index in [1.807, 2.05) is 24.3 Å². The maximum Gasteiger partial charge on any atom is 0.248 e. The number of anilines is 1. The van der Waals surface area contributed by atoms with Crippen LogP contribution in [0.25, 0.3) is 0 Å². The van der Waals surface area contributed by atoms with Crippen LogP contribution in [0.3, 0.4) is 0 Å². The molecule has 0 unspecified atom stereocenters. The highest BCUT2D eigenvalue weighted by Gasteiger charge is 2.42. The van der Waals surface area contributed by atoms with Gasteiger partial charge < -0.3 is 4.74 Å². The molecule has 150 valence electrons. The average Bonchev–Trinajstić information content (AvgIpc) is 3.17. The molecule has 1 aromatic heterocycles. The van der Waals surface area contributed by atoms with Gasteiger partial charge in [0.25, 0.3) is 0 Å². The molecule has 1 N–H and O–H groups in total. The van der Waals surface area contributed by atoms with Gasteiger partial charge in [-0.1, -0.05) is 40.2 Å². The van der Waals surface area contributed by atoms with E-state index < -0.39 is 5.41 Å². The van der Waals surface area contributed by atoms with E-state index in [1.54, 1.807) is 23.1 Å². The van der Waals surface area contributed by atoms with Crippen molar-refractivity contribution in [2.24, 2.45) is 0 Å². The van der Waals surface area contributed by atoms with E-state index >= 15 is 0 Å². The Hall–Kier alpha value is -2.58. The minimum Gasteiger partial charge on any atom is -0.381 e. The third kappa shape index (κ3) is 4.38. The van der Waals surface area contributed by atoms with E-state index in [0.717, 1.165) is 15.6 Å². The Bertz CT molecular complexity index is 983. The Labute approximate surface area is 176 Å². The van der Waals surface area contributed by atoms with Crippen LogP contribution in [-0.2, 0) is 21.5 Å². The van der Waals surface area contributed by atoms with E-state index in [-0.39, 0.29) is 17.7 Å². The Balaban J connectivity index is 1.51. The summed E-state index contributed by atoms with van der Waals surface area (Å²) in [4.78, 5) is 17.4. The van der Waals surface area contributed by atoms with Crippen LogP contribution in [0.4, 0.5) is 10.3 Å². The van der Waals surface area contributed by atoms with Gasteiger partial charge in [0.1, 0.15) is 12.1 Å². The fourth-order valence-electron chi connectivity index (χ4n) is 3.56. The van der Waals surface area contributed by atoms with Crippen LogP contribution < -0.4 is 5.32 Å². The zero-order chi connectivity index (χ0) is 20.3. The van der Waals surface area contributed by atoms with Crippen molar-refractivity contribution in [3.63, 3.8) is 0 Å². The van der Waals surface area contributed by atoms with Crippen molar-refractivity contribution < 1.29 is 13.9 Å². The molecule has 2 heterocycles. The summed E-state index contributed by atoms with van der Waals surface area (Å²) in [5.41, 5.74) is 1.06. The highest BCUT2D eigenvalue weighted by Crippen LogP contribution is 2.36. The first-order valence-electron chi connectivity index (χ1n) is 9.34. The number of hydrogen-bond acceptors (Lipinski definition) is 4. The average molecular weight is 459 g/mol. The van der Waals surface area contributed by atoms with Crippen LogP contribution >= 0.6 is 15.9 Å². The van der Waals surface area contributed by atoms with Crippen LogP contribution in [0.15, 0.2) is 59.3 Å². The van der Waals surface area contributed by atoms with E-state index in [0.29, 0.717) is 32.6 Å². The molecule has 1 aliphatic rings. The highest BCUT2D eigenvalue weighted by atomic mass is 79.9. The van der Waals surface area contributed by atoms with E-state index in [1.165, 1.54) is 12.1 Å². The molecule has 8 heteroatoms. The zero-order valence-electron chi connectivity index (χ0n) is 15.6. The number of ether oxygens (including phenoxy) is 1. The standard InChI is InChI=1S/C21H20BrFN4O2/c22-17-5-1-15(2-6-17)13-27-14-24-20(26-27)25-19(28)21(9-11-29-12-10-21)16-3-7-18(23)8-4-16/h1-8,14H,9-13H2,(H,25,26,28). The number of hydrogen-bond donors (Lipinski definition) is 1. The molecule has 0 aliphatic carbocycles. The van der Waals surface area contributed by atoms with Gasteiger partial charge in [0.05, 0.1) is 12.0 Å². The van der Waals surface area contributed by atoms with Gasteiger partial charge in [-0.25, -0.2) is 14.1 Å². The normalized spacial score (nSPS) is 15.8. The summed E-state index contributed by atoms with van der Waals surface area (Å²) in [7, 11) is 0. The Morgan fingerprint density at radius 3 is 2.52 bits per heavy atom.